The number of aromatic nitrogens is 2. The zero-order valence-electron chi connectivity index (χ0n) is 11.0. The normalized spacial score (nSPS) is 11.7. The fourth-order valence-corrected chi connectivity index (χ4v) is 2.60. The lowest BCUT2D eigenvalue weighted by Gasteiger charge is -2.01. The molecule has 2 aromatic rings. The molecule has 0 aliphatic rings. The minimum absolute atomic E-state index is 0.100. The van der Waals surface area contributed by atoms with E-state index in [0.717, 1.165) is 6.26 Å². The van der Waals surface area contributed by atoms with E-state index in [1.807, 2.05) is 0 Å². The molecule has 0 saturated heterocycles. The van der Waals surface area contributed by atoms with Crippen LogP contribution in [0.4, 0.5) is 0 Å². The number of hydrogen-bond donors (Lipinski definition) is 2. The van der Waals surface area contributed by atoms with Crippen LogP contribution in [0.2, 0.25) is 0 Å². The number of nitrogens with one attached hydrogen (secondary N) is 1. The first-order valence-corrected chi connectivity index (χ1v) is 7.99. The maximum absolute atomic E-state index is 12.1. The molecule has 20 heavy (non-hydrogen) atoms. The summed E-state index contributed by atoms with van der Waals surface area (Å²) >= 11 is 0. The van der Waals surface area contributed by atoms with Crippen LogP contribution in [0.3, 0.4) is 0 Å². The summed E-state index contributed by atoms with van der Waals surface area (Å²) in [6, 6.07) is 5.05. The lowest BCUT2D eigenvalue weighted by atomic mass is 10.3. The Morgan fingerprint density at radius 1 is 1.45 bits per heavy atom. The quantitative estimate of drug-likeness (QED) is 0.744. The van der Waals surface area contributed by atoms with Gasteiger partial charge < -0.3 is 11.1 Å². The topological polar surface area (TPSA) is 107 Å². The van der Waals surface area contributed by atoms with E-state index in [0.29, 0.717) is 25.0 Å². The summed E-state index contributed by atoms with van der Waals surface area (Å²) in [7, 11) is -3.52. The van der Waals surface area contributed by atoms with E-state index in [9.17, 15) is 13.2 Å². The molecule has 108 valence electrons. The molecular formula is C12H16N4O3S. The van der Waals surface area contributed by atoms with Gasteiger partial charge in [-0.1, -0.05) is 6.07 Å². The molecule has 1 amide bonds. The first-order chi connectivity index (χ1) is 9.45. The number of fused-ring (bicyclic) bond motifs is 1. The van der Waals surface area contributed by atoms with E-state index in [4.69, 9.17) is 5.73 Å². The number of rotatable bonds is 5. The van der Waals surface area contributed by atoms with Crippen molar-refractivity contribution in [2.45, 2.75) is 11.6 Å². The zero-order chi connectivity index (χ0) is 14.8. The summed E-state index contributed by atoms with van der Waals surface area (Å²) in [4.78, 5) is 16.0. The molecule has 0 bridgehead atoms. The van der Waals surface area contributed by atoms with Crippen LogP contribution in [0.15, 0.2) is 29.6 Å². The number of hydrogen-bond acceptors (Lipinski definition) is 5. The molecule has 2 heterocycles. The van der Waals surface area contributed by atoms with Gasteiger partial charge in [0.25, 0.3) is 5.91 Å². The highest BCUT2D eigenvalue weighted by Gasteiger charge is 2.22. The van der Waals surface area contributed by atoms with Crippen molar-refractivity contribution in [3.05, 3.63) is 30.1 Å². The van der Waals surface area contributed by atoms with Crippen LogP contribution in [0, 0.1) is 0 Å². The first-order valence-electron chi connectivity index (χ1n) is 6.10. The van der Waals surface area contributed by atoms with Crippen LogP contribution in [0.5, 0.6) is 0 Å². The van der Waals surface area contributed by atoms with Crippen molar-refractivity contribution < 1.29 is 13.2 Å². The summed E-state index contributed by atoms with van der Waals surface area (Å²) < 4.78 is 24.8. The number of sulfone groups is 1. The predicted octanol–water partition coefficient (Wildman–Crippen LogP) is -0.184. The Labute approximate surface area is 116 Å². The van der Waals surface area contributed by atoms with Crippen molar-refractivity contribution in [2.24, 2.45) is 5.73 Å². The van der Waals surface area contributed by atoms with E-state index in [1.165, 1.54) is 4.40 Å². The lowest BCUT2D eigenvalue weighted by Crippen LogP contribution is -2.26. The van der Waals surface area contributed by atoms with Gasteiger partial charge in [0.05, 0.1) is 5.52 Å². The van der Waals surface area contributed by atoms with Crippen molar-refractivity contribution in [3.8, 4) is 0 Å². The molecule has 3 N–H and O–H groups in total. The Morgan fingerprint density at radius 2 is 2.20 bits per heavy atom. The molecule has 0 atom stereocenters. The molecule has 2 rings (SSSR count). The number of nitrogens with two attached hydrogens (primary N) is 1. The summed E-state index contributed by atoms with van der Waals surface area (Å²) in [6.45, 7) is 0.897. The van der Waals surface area contributed by atoms with Crippen LogP contribution < -0.4 is 11.1 Å². The molecule has 0 aliphatic heterocycles. The Morgan fingerprint density at radius 3 is 2.85 bits per heavy atom. The minimum atomic E-state index is -3.52. The largest absolute Gasteiger partial charge is 0.351 e. The summed E-state index contributed by atoms with van der Waals surface area (Å²) in [6.07, 6.45) is 3.27. The molecule has 0 aromatic carbocycles. The SMILES string of the molecule is CS(=O)(=O)c1nc(C(=O)NCCCN)c2ccccn12. The maximum Gasteiger partial charge on any atom is 0.272 e. The van der Waals surface area contributed by atoms with Crippen LogP contribution >= 0.6 is 0 Å². The Kier molecular flexibility index (Phi) is 4.05. The number of carbonyl (C=O) groups excluding carboxylic acids is 1. The highest BCUT2D eigenvalue weighted by atomic mass is 32.2. The molecule has 7 nitrogen and oxygen atoms in total. The second kappa shape index (κ2) is 5.59. The summed E-state index contributed by atoms with van der Waals surface area (Å²) in [5.74, 6) is -0.406. The van der Waals surface area contributed by atoms with Gasteiger partial charge in [0.2, 0.25) is 15.0 Å². The van der Waals surface area contributed by atoms with Gasteiger partial charge in [-0.15, -0.1) is 0 Å². The van der Waals surface area contributed by atoms with E-state index in [2.05, 4.69) is 10.3 Å². The third-order valence-electron chi connectivity index (χ3n) is 2.73. The second-order valence-electron chi connectivity index (χ2n) is 4.37. The first kappa shape index (κ1) is 14.5. The van der Waals surface area contributed by atoms with E-state index in [-0.39, 0.29) is 10.9 Å². The maximum atomic E-state index is 12.1. The highest BCUT2D eigenvalue weighted by Crippen LogP contribution is 2.16. The van der Waals surface area contributed by atoms with Crippen LogP contribution in [-0.4, -0.2) is 43.1 Å². The molecule has 0 saturated carbocycles. The fraction of sp³-hybridized carbons (Fsp3) is 0.333. The Balaban J connectivity index is 2.47. The van der Waals surface area contributed by atoms with E-state index in [1.54, 1.807) is 24.4 Å². The number of amides is 1. The molecule has 0 aliphatic carbocycles. The van der Waals surface area contributed by atoms with Crippen LogP contribution in [0.1, 0.15) is 16.9 Å². The molecule has 2 aromatic heterocycles. The molecule has 0 spiro atoms. The van der Waals surface area contributed by atoms with Gasteiger partial charge in [-0.2, -0.15) is 0 Å². The third kappa shape index (κ3) is 2.81. The summed E-state index contributed by atoms with van der Waals surface area (Å²) in [5, 5.41) is 2.53. The number of pyridine rings is 1. The molecule has 0 radical (unpaired) electrons. The minimum Gasteiger partial charge on any atom is -0.351 e. The van der Waals surface area contributed by atoms with E-state index >= 15 is 0 Å². The average molecular weight is 296 g/mol. The summed E-state index contributed by atoms with van der Waals surface area (Å²) in [5.41, 5.74) is 5.91. The Hall–Kier alpha value is -1.93. The van der Waals surface area contributed by atoms with Crippen molar-refractivity contribution in [3.63, 3.8) is 0 Å². The van der Waals surface area contributed by atoms with E-state index < -0.39 is 15.7 Å². The number of nitrogens with zero attached hydrogens (tertiary/aromatic N) is 2. The average Bonchev–Trinajstić information content (AvgIpc) is 2.78. The Bertz CT molecular complexity index is 736. The second-order valence-corrected chi connectivity index (χ2v) is 6.28. The van der Waals surface area contributed by atoms with Crippen molar-refractivity contribution in [2.75, 3.05) is 19.3 Å². The van der Waals surface area contributed by atoms with Gasteiger partial charge in [-0.25, -0.2) is 13.4 Å². The fourth-order valence-electron chi connectivity index (χ4n) is 1.83. The molecular weight excluding hydrogens is 280 g/mol. The molecule has 0 fully saturated rings. The van der Waals surface area contributed by atoms with Gasteiger partial charge in [0.15, 0.2) is 5.69 Å². The zero-order valence-corrected chi connectivity index (χ0v) is 11.9. The van der Waals surface area contributed by atoms with Crippen LogP contribution in [-0.2, 0) is 9.84 Å². The van der Waals surface area contributed by atoms with Crippen molar-refractivity contribution in [1.82, 2.24) is 14.7 Å². The lowest BCUT2D eigenvalue weighted by molar-refractivity contribution is 0.0950. The molecule has 8 heteroatoms. The monoisotopic (exact) mass is 296 g/mol. The predicted molar refractivity (Wildman–Crippen MR) is 74.3 cm³/mol. The van der Waals surface area contributed by atoms with Gasteiger partial charge in [-0.3, -0.25) is 9.20 Å². The third-order valence-corrected chi connectivity index (χ3v) is 3.68. The van der Waals surface area contributed by atoms with Crippen LogP contribution in [0.25, 0.3) is 5.52 Å². The smallest absolute Gasteiger partial charge is 0.272 e. The van der Waals surface area contributed by atoms with Gasteiger partial charge >= 0.3 is 0 Å². The van der Waals surface area contributed by atoms with Crippen molar-refractivity contribution in [1.29, 1.82) is 0 Å². The van der Waals surface area contributed by atoms with Gasteiger partial charge in [0, 0.05) is 19.0 Å². The number of carbonyl (C=O) groups is 1. The number of imidazole rings is 1. The standard InChI is InChI=1S/C12H16N4O3S/c1-20(18,19)12-15-10(11(17)14-7-4-6-13)9-5-2-3-8-16(9)12/h2-3,5,8H,4,6-7,13H2,1H3,(H,14,17). The van der Waals surface area contributed by atoms with Gasteiger partial charge in [-0.05, 0) is 25.1 Å². The highest BCUT2D eigenvalue weighted by molar-refractivity contribution is 7.90. The van der Waals surface area contributed by atoms with Gasteiger partial charge in [0.1, 0.15) is 0 Å². The van der Waals surface area contributed by atoms with Crippen molar-refractivity contribution >= 4 is 21.3 Å². The molecule has 0 unspecified atom stereocenters.